The normalized spacial score (nSPS) is 19.5. The third-order valence-electron chi connectivity index (χ3n) is 10.3. The Morgan fingerprint density at radius 2 is 1.06 bits per heavy atom. The van der Waals surface area contributed by atoms with E-state index in [4.69, 9.17) is 13.6 Å². The second kappa shape index (κ2) is 15.8. The summed E-state index contributed by atoms with van der Waals surface area (Å²) in [4.78, 5) is 0. The molecular formula is C44H56O3Si2. The zero-order valence-corrected chi connectivity index (χ0v) is 32.9. The Hall–Kier alpha value is -3.25. The number of benzene rings is 4. The zero-order valence-electron chi connectivity index (χ0n) is 30.9. The molecule has 1 heterocycles. The fraction of sp³-hybridized carbons (Fsp3) is 0.409. The molecule has 5 heteroatoms. The van der Waals surface area contributed by atoms with Crippen molar-refractivity contribution in [2.45, 2.75) is 97.1 Å². The Bertz CT molecular complexity index is 1570. The largest absolute Gasteiger partial charge is 0.407 e. The maximum Gasteiger partial charge on any atom is 0.264 e. The van der Waals surface area contributed by atoms with Crippen LogP contribution in [-0.4, -0.2) is 35.6 Å². The van der Waals surface area contributed by atoms with Gasteiger partial charge in [-0.3, -0.25) is 0 Å². The first-order chi connectivity index (χ1) is 23.4. The van der Waals surface area contributed by atoms with Crippen LogP contribution in [0.25, 0.3) is 0 Å². The molecule has 1 aliphatic heterocycles. The lowest BCUT2D eigenvalue weighted by Crippen LogP contribution is -2.68. The van der Waals surface area contributed by atoms with Gasteiger partial charge in [0, 0.05) is 18.9 Å². The van der Waals surface area contributed by atoms with Crippen molar-refractivity contribution in [2.75, 3.05) is 6.61 Å². The van der Waals surface area contributed by atoms with Gasteiger partial charge in [0.05, 0.1) is 6.10 Å². The van der Waals surface area contributed by atoms with E-state index in [0.29, 0.717) is 12.5 Å². The van der Waals surface area contributed by atoms with E-state index >= 15 is 0 Å². The third-order valence-corrected chi connectivity index (χ3v) is 20.4. The van der Waals surface area contributed by atoms with Gasteiger partial charge in [0.25, 0.3) is 16.6 Å². The second-order valence-electron chi connectivity index (χ2n) is 15.7. The predicted octanol–water partition coefficient (Wildman–Crippen LogP) is 8.31. The van der Waals surface area contributed by atoms with Crippen molar-refractivity contribution in [3.63, 3.8) is 0 Å². The van der Waals surface area contributed by atoms with Gasteiger partial charge in [-0.05, 0) is 63.4 Å². The summed E-state index contributed by atoms with van der Waals surface area (Å²) in [6.45, 7) is 18.9. The van der Waals surface area contributed by atoms with E-state index in [1.165, 1.54) is 20.7 Å². The van der Waals surface area contributed by atoms with Crippen LogP contribution in [0.3, 0.4) is 0 Å². The Morgan fingerprint density at radius 1 is 0.653 bits per heavy atom. The summed E-state index contributed by atoms with van der Waals surface area (Å²) >= 11 is 0. The van der Waals surface area contributed by atoms with Gasteiger partial charge in [0.2, 0.25) is 0 Å². The molecule has 0 spiro atoms. The molecule has 258 valence electrons. The average Bonchev–Trinajstić information content (AvgIpc) is 3.09. The quantitative estimate of drug-likeness (QED) is 0.117. The summed E-state index contributed by atoms with van der Waals surface area (Å²) < 4.78 is 21.9. The molecule has 0 aromatic heterocycles. The minimum atomic E-state index is -2.81. The maximum absolute atomic E-state index is 7.58. The number of rotatable bonds is 11. The van der Waals surface area contributed by atoms with Gasteiger partial charge in [0.15, 0.2) is 0 Å². The van der Waals surface area contributed by atoms with Crippen LogP contribution in [-0.2, 0) is 13.6 Å². The summed E-state index contributed by atoms with van der Waals surface area (Å²) in [5, 5.41) is 4.98. The van der Waals surface area contributed by atoms with Crippen molar-refractivity contribution in [1.29, 1.82) is 0 Å². The summed E-state index contributed by atoms with van der Waals surface area (Å²) in [6, 6.07) is 43.7. The minimum Gasteiger partial charge on any atom is -0.407 e. The van der Waals surface area contributed by atoms with Crippen LogP contribution < -0.4 is 20.7 Å². The fourth-order valence-corrected chi connectivity index (χ4v) is 17.1. The Morgan fingerprint density at radius 3 is 1.45 bits per heavy atom. The molecule has 0 saturated carbocycles. The van der Waals surface area contributed by atoms with E-state index in [1.807, 2.05) is 6.92 Å². The highest BCUT2D eigenvalue weighted by atomic mass is 28.4. The second-order valence-corrected chi connectivity index (χ2v) is 24.3. The molecule has 1 aliphatic rings. The van der Waals surface area contributed by atoms with Gasteiger partial charge >= 0.3 is 0 Å². The molecule has 1 saturated heterocycles. The lowest BCUT2D eigenvalue weighted by Gasteiger charge is -2.47. The third kappa shape index (κ3) is 7.90. The first-order valence-electron chi connectivity index (χ1n) is 18.0. The number of hydrogen-bond donors (Lipinski definition) is 0. The zero-order chi connectivity index (χ0) is 35.1. The molecule has 5 rings (SSSR count). The van der Waals surface area contributed by atoms with Gasteiger partial charge in [-0.2, -0.15) is 0 Å². The van der Waals surface area contributed by atoms with E-state index in [2.05, 4.69) is 182 Å². The van der Waals surface area contributed by atoms with E-state index in [9.17, 15) is 0 Å². The van der Waals surface area contributed by atoms with Crippen molar-refractivity contribution in [3.05, 3.63) is 121 Å². The summed E-state index contributed by atoms with van der Waals surface area (Å²) in [7, 11) is -5.44. The van der Waals surface area contributed by atoms with Crippen molar-refractivity contribution in [1.82, 2.24) is 0 Å². The van der Waals surface area contributed by atoms with Gasteiger partial charge in [-0.1, -0.05) is 169 Å². The topological polar surface area (TPSA) is 27.7 Å². The molecule has 0 radical (unpaired) electrons. The molecule has 3 nitrogen and oxygen atoms in total. The smallest absolute Gasteiger partial charge is 0.264 e. The molecule has 0 amide bonds. The van der Waals surface area contributed by atoms with Crippen LogP contribution in [0.4, 0.5) is 0 Å². The SMILES string of the molecule is CC#C[C@@H](C)[C@H]1C[C@@H](CCO[Si](c2ccccc2)(c2ccccc2)C(C)(C)C)C[C@@H](O[Si](c2ccccc2)(c2ccccc2)C(C)(C)C)O1. The van der Waals surface area contributed by atoms with Crippen LogP contribution in [0.1, 0.15) is 74.7 Å². The molecular weight excluding hydrogens is 633 g/mol. The van der Waals surface area contributed by atoms with Crippen LogP contribution >= 0.6 is 0 Å². The van der Waals surface area contributed by atoms with Crippen LogP contribution in [0.5, 0.6) is 0 Å². The molecule has 0 N–H and O–H groups in total. The van der Waals surface area contributed by atoms with Crippen molar-refractivity contribution >= 4 is 37.4 Å². The Kier molecular flexibility index (Phi) is 11.9. The van der Waals surface area contributed by atoms with E-state index in [0.717, 1.165) is 19.3 Å². The molecule has 1 fully saturated rings. The van der Waals surface area contributed by atoms with Crippen molar-refractivity contribution in [3.8, 4) is 11.8 Å². The standard InChI is InChI=1S/C44H56O3Si2/c1-9-22-35(2)41-33-36(31-32-45-48(43(3,4)5,37-23-14-10-15-24-37)38-25-16-11-17-26-38)34-42(46-41)47-49(44(6,7)8,39-27-18-12-19-28-39)40-29-20-13-21-30-40/h10-21,23-30,35-36,41-42H,31-34H2,1-8H3/t35-,36-,41-,42-/m1/s1. The lowest BCUT2D eigenvalue weighted by atomic mass is 9.87. The molecule has 4 aromatic carbocycles. The molecule has 0 bridgehead atoms. The highest BCUT2D eigenvalue weighted by Gasteiger charge is 2.53. The molecule has 0 aliphatic carbocycles. The van der Waals surface area contributed by atoms with Crippen LogP contribution in [0, 0.1) is 23.7 Å². The van der Waals surface area contributed by atoms with Gasteiger partial charge < -0.3 is 13.6 Å². The van der Waals surface area contributed by atoms with Gasteiger partial charge in [0.1, 0.15) is 6.29 Å². The van der Waals surface area contributed by atoms with Crippen LogP contribution in [0.2, 0.25) is 10.1 Å². The Labute approximate surface area is 298 Å². The monoisotopic (exact) mass is 688 g/mol. The van der Waals surface area contributed by atoms with Crippen molar-refractivity contribution < 1.29 is 13.6 Å². The minimum absolute atomic E-state index is 0.0118. The van der Waals surface area contributed by atoms with E-state index in [1.54, 1.807) is 0 Å². The fourth-order valence-electron chi connectivity index (χ4n) is 7.99. The average molecular weight is 689 g/mol. The first-order valence-corrected chi connectivity index (χ1v) is 21.9. The first kappa shape index (κ1) is 37.0. The molecule has 4 aromatic rings. The predicted molar refractivity (Wildman–Crippen MR) is 211 cm³/mol. The summed E-state index contributed by atoms with van der Waals surface area (Å²) in [5.41, 5.74) is 0. The van der Waals surface area contributed by atoms with Crippen molar-refractivity contribution in [2.24, 2.45) is 11.8 Å². The number of hydrogen-bond acceptors (Lipinski definition) is 3. The Balaban J connectivity index is 1.48. The van der Waals surface area contributed by atoms with Crippen LogP contribution in [0.15, 0.2) is 121 Å². The molecule has 0 unspecified atom stereocenters. The summed E-state index contributed by atoms with van der Waals surface area (Å²) in [6.07, 6.45) is 2.36. The maximum atomic E-state index is 7.58. The number of ether oxygens (including phenoxy) is 1. The van der Waals surface area contributed by atoms with E-state index < -0.39 is 16.6 Å². The van der Waals surface area contributed by atoms with E-state index in [-0.39, 0.29) is 28.4 Å². The van der Waals surface area contributed by atoms with Gasteiger partial charge in [-0.15, -0.1) is 5.92 Å². The van der Waals surface area contributed by atoms with Gasteiger partial charge in [-0.25, -0.2) is 0 Å². The highest BCUT2D eigenvalue weighted by Crippen LogP contribution is 2.41. The molecule has 4 atom stereocenters. The highest BCUT2D eigenvalue weighted by molar-refractivity contribution is 7.00. The summed E-state index contributed by atoms with van der Waals surface area (Å²) in [5.74, 6) is 7.05. The molecule has 49 heavy (non-hydrogen) atoms. The lowest BCUT2D eigenvalue weighted by molar-refractivity contribution is -0.176.